The lowest BCUT2D eigenvalue weighted by Gasteiger charge is -2.26. The van der Waals surface area contributed by atoms with Gasteiger partial charge in [0.25, 0.3) is 0 Å². The predicted molar refractivity (Wildman–Crippen MR) is 194 cm³/mol. The second-order valence-electron chi connectivity index (χ2n) is 11.7. The zero-order valence-corrected chi connectivity index (χ0v) is 32.0. The average Bonchev–Trinajstić information content (AvgIpc) is 3.71. The van der Waals surface area contributed by atoms with E-state index in [9.17, 15) is 28.1 Å². The van der Waals surface area contributed by atoms with Crippen LogP contribution in [0, 0.1) is 5.82 Å². The van der Waals surface area contributed by atoms with Crippen LogP contribution in [0.2, 0.25) is 5.02 Å². The Morgan fingerprint density at radius 2 is 1.71 bits per heavy atom. The number of hydrogen-bond acceptors (Lipinski definition) is 9. The van der Waals surface area contributed by atoms with Gasteiger partial charge >= 0.3 is 25.6 Å². The molecule has 0 bridgehead atoms. The highest BCUT2D eigenvalue weighted by molar-refractivity contribution is 7.51. The molecule has 0 unspecified atom stereocenters. The number of nitrogens with one attached hydrogen (secondary N) is 1. The summed E-state index contributed by atoms with van der Waals surface area (Å²) in [6.07, 6.45) is 4.15. The number of alkyl halides is 1. The van der Waals surface area contributed by atoms with Crippen molar-refractivity contribution in [1.29, 1.82) is 0 Å². The lowest BCUT2D eigenvalue weighted by atomic mass is 10.0. The summed E-state index contributed by atoms with van der Waals surface area (Å²) in [4.78, 5) is 64.7. The van der Waals surface area contributed by atoms with Gasteiger partial charge in [0.2, 0.25) is 5.91 Å². The van der Waals surface area contributed by atoms with Gasteiger partial charge in [0, 0.05) is 13.2 Å². The first kappa shape index (κ1) is 44.6. The van der Waals surface area contributed by atoms with E-state index in [0.717, 1.165) is 61.4 Å². The van der Waals surface area contributed by atoms with Crippen molar-refractivity contribution in [3.8, 4) is 5.75 Å². The second kappa shape index (κ2) is 21.2. The van der Waals surface area contributed by atoms with Crippen molar-refractivity contribution in [2.75, 3.05) is 42.4 Å². The van der Waals surface area contributed by atoms with Gasteiger partial charge in [-0.2, -0.15) is 0 Å². The minimum atomic E-state index is -4.10. The van der Waals surface area contributed by atoms with Crippen molar-refractivity contribution in [2.45, 2.75) is 72.3 Å². The number of imide groups is 1. The first-order chi connectivity index (χ1) is 24.5. The number of amides is 3. The molecule has 1 saturated carbocycles. The second-order valence-corrected chi connectivity index (χ2v) is 14.1. The number of rotatable bonds is 13. The highest BCUT2D eigenvalue weighted by Crippen LogP contribution is 2.38. The topological polar surface area (TPSA) is 192 Å². The summed E-state index contributed by atoms with van der Waals surface area (Å²) < 4.78 is 40.2. The number of carbonyl (C=O) groups excluding carboxylic acids is 3. The van der Waals surface area contributed by atoms with Gasteiger partial charge in [-0.05, 0) is 75.1 Å². The standard InChI is InChI=1S/C17H17ClFNO4.C14H20ClNO2.C3H8NO5P/c1-9(2)15-16(21)20(17(22)24-15)13-8-14(11(18)7-12(13)19)23-10-5-3-4-6-10;1-4-11-7-6-8-12(5-2)14(11)16(10-18-3)13(17)9-15;5-3(6)1-4-2-10(7,8)9/h7-8,10H,3-6H2,1-2H3;6-8H,4-5,9-10H2,1-3H3;4H,1-2H2,(H,5,6)(H2,7,8,9). The van der Waals surface area contributed by atoms with Gasteiger partial charge in [0.1, 0.15) is 24.2 Å². The molecule has 4 N–H and O–H groups in total. The molecule has 1 aliphatic carbocycles. The smallest absolute Gasteiger partial charge is 0.427 e. The van der Waals surface area contributed by atoms with Crippen molar-refractivity contribution < 1.29 is 57.2 Å². The van der Waals surface area contributed by atoms with Gasteiger partial charge in [0.05, 0.1) is 35.3 Å². The first-order valence-corrected chi connectivity index (χ1v) is 19.0. The van der Waals surface area contributed by atoms with E-state index < -0.39 is 44.2 Å². The highest BCUT2D eigenvalue weighted by atomic mass is 35.5. The largest absolute Gasteiger partial charge is 0.489 e. The van der Waals surface area contributed by atoms with Crippen molar-refractivity contribution in [1.82, 2.24) is 5.32 Å². The summed E-state index contributed by atoms with van der Waals surface area (Å²) in [5.41, 5.74) is 3.55. The van der Waals surface area contributed by atoms with Crippen molar-refractivity contribution in [3.63, 3.8) is 0 Å². The predicted octanol–water partition coefficient (Wildman–Crippen LogP) is 6.36. The fourth-order valence-electron chi connectivity index (χ4n) is 5.18. The molecule has 18 heteroatoms. The minimum absolute atomic E-state index is 0.00962. The van der Waals surface area contributed by atoms with Crippen molar-refractivity contribution >= 4 is 66.0 Å². The number of ether oxygens (including phenoxy) is 3. The number of nitrogens with zero attached hydrogens (tertiary/aromatic N) is 2. The van der Waals surface area contributed by atoms with Gasteiger partial charge in [-0.25, -0.2) is 14.1 Å². The molecule has 52 heavy (non-hydrogen) atoms. The van der Waals surface area contributed by atoms with Gasteiger partial charge in [-0.3, -0.25) is 29.2 Å². The molecule has 0 aromatic heterocycles. The fourth-order valence-corrected chi connectivity index (χ4v) is 5.93. The van der Waals surface area contributed by atoms with Crippen LogP contribution in [0.5, 0.6) is 5.75 Å². The normalized spacial score (nSPS) is 14.3. The highest BCUT2D eigenvalue weighted by Gasteiger charge is 2.40. The van der Waals surface area contributed by atoms with E-state index in [-0.39, 0.29) is 46.8 Å². The summed E-state index contributed by atoms with van der Waals surface area (Å²) in [6, 6.07) is 8.43. The summed E-state index contributed by atoms with van der Waals surface area (Å²) in [6.45, 7) is 7.22. The van der Waals surface area contributed by atoms with Crippen LogP contribution in [0.1, 0.15) is 64.5 Å². The number of halogens is 3. The molecule has 2 fully saturated rings. The third-order valence-electron chi connectivity index (χ3n) is 7.56. The maximum Gasteiger partial charge on any atom is 0.427 e. The molecular weight excluding hydrogens is 747 g/mol. The molecule has 2 aromatic carbocycles. The Morgan fingerprint density at radius 3 is 2.17 bits per heavy atom. The Kier molecular flexibility index (Phi) is 18.2. The molecule has 14 nitrogen and oxygen atoms in total. The van der Waals surface area contributed by atoms with E-state index in [4.69, 9.17) is 52.3 Å². The number of para-hydroxylation sites is 1. The molecule has 3 amide bonds. The monoisotopic (exact) mass is 791 g/mol. The molecule has 288 valence electrons. The molecular formula is C34H45Cl2FN3O11P. The summed E-state index contributed by atoms with van der Waals surface area (Å²) >= 11 is 11.7. The number of carbonyl (C=O) groups is 4. The Hall–Kier alpha value is -3.56. The Bertz CT molecular complexity index is 1640. The average molecular weight is 793 g/mol. The van der Waals surface area contributed by atoms with Gasteiger partial charge in [0.15, 0.2) is 5.76 Å². The number of anilines is 2. The van der Waals surface area contributed by atoms with E-state index in [0.29, 0.717) is 10.5 Å². The van der Waals surface area contributed by atoms with Crippen LogP contribution in [-0.4, -0.2) is 77.4 Å². The molecule has 0 spiro atoms. The summed E-state index contributed by atoms with van der Waals surface area (Å²) in [5.74, 6) is -2.64. The zero-order valence-electron chi connectivity index (χ0n) is 29.6. The van der Waals surface area contributed by atoms with Crippen molar-refractivity contribution in [3.05, 3.63) is 63.6 Å². The number of hydrogen-bond donors (Lipinski definition) is 4. The number of cyclic esters (lactones) is 1. The van der Waals surface area contributed by atoms with Crippen LogP contribution >= 0.6 is 30.8 Å². The number of aliphatic carboxylic acids is 1. The molecule has 1 saturated heterocycles. The number of carboxylic acid groups (broad SMARTS) is 1. The van der Waals surface area contributed by atoms with E-state index in [2.05, 4.69) is 19.2 Å². The number of allylic oxidation sites excluding steroid dienone is 1. The maximum atomic E-state index is 14.3. The van der Waals surface area contributed by atoms with Crippen LogP contribution < -0.4 is 19.9 Å². The quantitative estimate of drug-likeness (QED) is 0.0761. The summed E-state index contributed by atoms with van der Waals surface area (Å²) in [7, 11) is -2.52. The molecule has 2 aliphatic rings. The van der Waals surface area contributed by atoms with Gasteiger partial charge in [-0.15, -0.1) is 11.6 Å². The molecule has 4 rings (SSSR count). The van der Waals surface area contributed by atoms with Crippen molar-refractivity contribution in [2.24, 2.45) is 0 Å². The molecule has 0 radical (unpaired) electrons. The van der Waals surface area contributed by atoms with Crippen LogP contribution in [0.3, 0.4) is 0 Å². The van der Waals surface area contributed by atoms with E-state index in [1.165, 1.54) is 6.07 Å². The fraction of sp³-hybridized carbons (Fsp3) is 0.471. The maximum absolute atomic E-state index is 14.3. The molecule has 0 atom stereocenters. The Balaban J connectivity index is 0.000000295. The third-order valence-corrected chi connectivity index (χ3v) is 8.72. The van der Waals surface area contributed by atoms with E-state index in [1.807, 2.05) is 18.2 Å². The van der Waals surface area contributed by atoms with Crippen LogP contribution in [0.4, 0.5) is 20.6 Å². The number of carboxylic acids is 1. The van der Waals surface area contributed by atoms with Crippen LogP contribution in [-0.2, 0) is 41.3 Å². The Labute approximate surface area is 312 Å². The van der Waals surface area contributed by atoms with Crippen LogP contribution in [0.25, 0.3) is 0 Å². The van der Waals surface area contributed by atoms with E-state index in [1.54, 1.807) is 25.9 Å². The summed E-state index contributed by atoms with van der Waals surface area (Å²) in [5, 5.41) is 10.2. The number of aryl methyl sites for hydroxylation is 2. The SMILES string of the molecule is CC(C)=C1OC(=O)N(c2cc(OC3CCCC3)c(Cl)cc2F)C1=O.CCc1cccc(CC)c1N(COC)C(=O)CCl.O=C(O)CNCP(=O)(O)O. The third kappa shape index (κ3) is 13.1. The zero-order chi connectivity index (χ0) is 39.2. The Morgan fingerprint density at radius 1 is 1.12 bits per heavy atom. The molecule has 2 aromatic rings. The number of benzene rings is 2. The molecule has 1 aliphatic heterocycles. The molecule has 1 heterocycles. The number of methoxy groups -OCH3 is 1. The lowest BCUT2D eigenvalue weighted by Crippen LogP contribution is -2.35. The van der Waals surface area contributed by atoms with E-state index >= 15 is 0 Å². The lowest BCUT2D eigenvalue weighted by molar-refractivity contribution is -0.135. The van der Waals surface area contributed by atoms with Gasteiger partial charge < -0.3 is 29.1 Å². The minimum Gasteiger partial charge on any atom is -0.489 e. The van der Waals surface area contributed by atoms with Gasteiger partial charge in [-0.1, -0.05) is 43.6 Å². The first-order valence-electron chi connectivity index (χ1n) is 16.3. The van der Waals surface area contributed by atoms with Crippen LogP contribution in [0.15, 0.2) is 41.7 Å².